The number of aryl methyl sites for hydroxylation is 1. The summed E-state index contributed by atoms with van der Waals surface area (Å²) in [5.41, 5.74) is 1.81. The molecule has 2 aromatic carbocycles. The Kier molecular flexibility index (Phi) is 5.41. The maximum atomic E-state index is 12.8. The number of rotatable bonds is 5. The molecule has 0 saturated heterocycles. The number of hydrogen-bond donors (Lipinski definition) is 2. The summed E-state index contributed by atoms with van der Waals surface area (Å²) in [7, 11) is 3.31. The summed E-state index contributed by atoms with van der Waals surface area (Å²) in [5, 5.41) is 14.0. The summed E-state index contributed by atoms with van der Waals surface area (Å²) in [5.74, 6) is 0.189. The summed E-state index contributed by atoms with van der Waals surface area (Å²) in [6.45, 7) is -0.290. The number of amides is 1. The standard InChI is InChI=1S/C19H17Cl2N2O3/c1-23-15-7-8-17(26-2)18(21)12(15)9-16(23)19(25)22-14(10-24)11-5-3-4-6-13(11)20/h3-5,7-9,14,24H,10H2,1-2H3,(H,22,25)/t14-/m1/s1. The molecule has 0 aliphatic carbocycles. The van der Waals surface area contributed by atoms with E-state index in [1.54, 1.807) is 41.9 Å². The number of carbonyl (C=O) groups is 1. The predicted octanol–water partition coefficient (Wildman–Crippen LogP) is 3.76. The molecule has 0 aliphatic heterocycles. The van der Waals surface area contributed by atoms with Crippen LogP contribution < -0.4 is 10.1 Å². The van der Waals surface area contributed by atoms with Crippen LogP contribution in [0.1, 0.15) is 22.1 Å². The average molecular weight is 392 g/mol. The molecule has 26 heavy (non-hydrogen) atoms. The molecule has 0 spiro atoms. The topological polar surface area (TPSA) is 63.5 Å². The second kappa shape index (κ2) is 7.58. The number of methoxy groups -OCH3 is 1. The zero-order valence-electron chi connectivity index (χ0n) is 14.2. The Labute approximate surface area is 161 Å². The molecule has 1 heterocycles. The van der Waals surface area contributed by atoms with E-state index >= 15 is 0 Å². The SMILES string of the molecule is COc1ccc2c(cc(C(=O)N[C@H](CO)c3ccc[c]c3Cl)n2C)c1Cl. The van der Waals surface area contributed by atoms with Gasteiger partial charge in [0.25, 0.3) is 5.91 Å². The number of nitrogens with one attached hydrogen (secondary N) is 1. The van der Waals surface area contributed by atoms with Gasteiger partial charge in [-0.15, -0.1) is 0 Å². The maximum Gasteiger partial charge on any atom is 0.268 e. The second-order valence-electron chi connectivity index (χ2n) is 5.75. The van der Waals surface area contributed by atoms with Gasteiger partial charge in [0.15, 0.2) is 0 Å². The molecule has 0 fully saturated rings. The molecule has 0 bridgehead atoms. The van der Waals surface area contributed by atoms with Gasteiger partial charge in [-0.1, -0.05) is 41.4 Å². The number of aromatic nitrogens is 1. The second-order valence-corrected chi connectivity index (χ2v) is 6.51. The maximum absolute atomic E-state index is 12.8. The third-order valence-corrected chi connectivity index (χ3v) is 4.99. The van der Waals surface area contributed by atoms with Gasteiger partial charge < -0.3 is 19.7 Å². The lowest BCUT2D eigenvalue weighted by Crippen LogP contribution is -2.32. The van der Waals surface area contributed by atoms with Crippen molar-refractivity contribution < 1.29 is 14.6 Å². The molecule has 135 valence electrons. The van der Waals surface area contributed by atoms with Gasteiger partial charge >= 0.3 is 0 Å². The van der Waals surface area contributed by atoms with E-state index in [9.17, 15) is 9.90 Å². The number of aliphatic hydroxyl groups is 1. The van der Waals surface area contributed by atoms with Crippen molar-refractivity contribution in [2.45, 2.75) is 6.04 Å². The van der Waals surface area contributed by atoms with Crippen LogP contribution in [0.2, 0.25) is 10.0 Å². The van der Waals surface area contributed by atoms with Crippen LogP contribution in [0.15, 0.2) is 36.4 Å². The lowest BCUT2D eigenvalue weighted by molar-refractivity contribution is 0.0908. The van der Waals surface area contributed by atoms with E-state index in [1.807, 2.05) is 6.07 Å². The summed E-state index contributed by atoms with van der Waals surface area (Å²) < 4.78 is 6.96. The van der Waals surface area contributed by atoms with Crippen molar-refractivity contribution in [3.05, 3.63) is 63.8 Å². The lowest BCUT2D eigenvalue weighted by atomic mass is 10.1. The fourth-order valence-electron chi connectivity index (χ4n) is 2.88. The molecule has 3 aromatic rings. The molecule has 0 unspecified atom stereocenters. The van der Waals surface area contributed by atoms with Crippen LogP contribution in [0.3, 0.4) is 0 Å². The highest BCUT2D eigenvalue weighted by molar-refractivity contribution is 6.37. The Hall–Kier alpha value is -2.21. The Morgan fingerprint density at radius 1 is 1.38 bits per heavy atom. The van der Waals surface area contributed by atoms with Crippen molar-refractivity contribution in [1.82, 2.24) is 9.88 Å². The molecule has 1 radical (unpaired) electrons. The molecule has 3 rings (SSSR count). The minimum atomic E-state index is -0.643. The Balaban J connectivity index is 1.96. The van der Waals surface area contributed by atoms with Crippen molar-refractivity contribution in [3.63, 3.8) is 0 Å². The van der Waals surface area contributed by atoms with Crippen LogP contribution in [0.25, 0.3) is 10.9 Å². The molecule has 2 N–H and O–H groups in total. The predicted molar refractivity (Wildman–Crippen MR) is 102 cm³/mol. The molecule has 0 aliphatic rings. The molecule has 5 nitrogen and oxygen atoms in total. The number of aliphatic hydroxyl groups excluding tert-OH is 1. The van der Waals surface area contributed by atoms with Crippen molar-refractivity contribution in [2.75, 3.05) is 13.7 Å². The number of benzene rings is 2. The van der Waals surface area contributed by atoms with Gasteiger partial charge in [0.1, 0.15) is 11.4 Å². The molecule has 7 heteroatoms. The summed E-state index contributed by atoms with van der Waals surface area (Å²) in [6, 6.07) is 12.6. The molecular formula is C19H17Cl2N2O3. The first-order valence-corrected chi connectivity index (χ1v) is 8.63. The molecule has 1 atom stereocenters. The highest BCUT2D eigenvalue weighted by Crippen LogP contribution is 2.34. The third-order valence-electron chi connectivity index (χ3n) is 4.28. The van der Waals surface area contributed by atoms with Gasteiger partial charge in [-0.2, -0.15) is 0 Å². The number of hydrogen-bond acceptors (Lipinski definition) is 3. The number of carbonyl (C=O) groups excluding carboxylic acids is 1. The normalized spacial score (nSPS) is 12.2. The average Bonchev–Trinajstić information content (AvgIpc) is 2.98. The van der Waals surface area contributed by atoms with Crippen LogP contribution in [-0.2, 0) is 7.05 Å². The monoisotopic (exact) mass is 391 g/mol. The number of nitrogens with zero attached hydrogens (tertiary/aromatic N) is 1. The van der Waals surface area contributed by atoms with Gasteiger partial charge in [-0.25, -0.2) is 0 Å². The van der Waals surface area contributed by atoms with E-state index in [-0.39, 0.29) is 12.5 Å². The summed E-state index contributed by atoms with van der Waals surface area (Å²) in [4.78, 5) is 12.8. The van der Waals surface area contributed by atoms with E-state index in [1.165, 1.54) is 7.11 Å². The van der Waals surface area contributed by atoms with Crippen LogP contribution in [-0.4, -0.2) is 29.3 Å². The molecule has 0 saturated carbocycles. The molecule has 1 amide bonds. The highest BCUT2D eigenvalue weighted by atomic mass is 35.5. The van der Waals surface area contributed by atoms with Gasteiger partial charge in [0.2, 0.25) is 0 Å². The third kappa shape index (κ3) is 3.26. The number of ether oxygens (including phenoxy) is 1. The Morgan fingerprint density at radius 3 is 2.81 bits per heavy atom. The van der Waals surface area contributed by atoms with Gasteiger partial charge in [0.05, 0.1) is 35.3 Å². The highest BCUT2D eigenvalue weighted by Gasteiger charge is 2.21. The first kappa shape index (κ1) is 18.6. The van der Waals surface area contributed by atoms with E-state index in [0.717, 1.165) is 5.52 Å². The van der Waals surface area contributed by atoms with Gasteiger partial charge in [-0.05, 0) is 23.8 Å². The fourth-order valence-corrected chi connectivity index (χ4v) is 3.43. The zero-order valence-corrected chi connectivity index (χ0v) is 15.7. The fraction of sp³-hybridized carbons (Fsp3) is 0.211. The quantitative estimate of drug-likeness (QED) is 0.695. The minimum absolute atomic E-state index is 0.290. The van der Waals surface area contributed by atoms with E-state index < -0.39 is 6.04 Å². The van der Waals surface area contributed by atoms with Crippen molar-refractivity contribution >= 4 is 40.0 Å². The van der Waals surface area contributed by atoms with Crippen LogP contribution in [0.4, 0.5) is 0 Å². The van der Waals surface area contributed by atoms with Crippen LogP contribution in [0.5, 0.6) is 5.75 Å². The molecular weight excluding hydrogens is 375 g/mol. The summed E-state index contributed by atoms with van der Waals surface area (Å²) >= 11 is 12.5. The van der Waals surface area contributed by atoms with Crippen LogP contribution >= 0.6 is 23.2 Å². The minimum Gasteiger partial charge on any atom is -0.495 e. The first-order chi connectivity index (χ1) is 12.5. The number of halogens is 2. The Morgan fingerprint density at radius 2 is 2.15 bits per heavy atom. The van der Waals surface area contributed by atoms with Crippen LogP contribution in [0, 0.1) is 6.07 Å². The van der Waals surface area contributed by atoms with Gasteiger partial charge in [0, 0.05) is 18.5 Å². The van der Waals surface area contributed by atoms with Crippen molar-refractivity contribution in [1.29, 1.82) is 0 Å². The first-order valence-electron chi connectivity index (χ1n) is 7.87. The number of fused-ring (bicyclic) bond motifs is 1. The zero-order chi connectivity index (χ0) is 18.8. The largest absolute Gasteiger partial charge is 0.495 e. The summed E-state index contributed by atoms with van der Waals surface area (Å²) in [6.07, 6.45) is 0. The molecule has 1 aromatic heterocycles. The lowest BCUT2D eigenvalue weighted by Gasteiger charge is -2.18. The van der Waals surface area contributed by atoms with Crippen molar-refractivity contribution in [3.8, 4) is 5.75 Å². The van der Waals surface area contributed by atoms with E-state index in [4.69, 9.17) is 27.9 Å². The smallest absolute Gasteiger partial charge is 0.268 e. The Bertz CT molecular complexity index is 969. The van der Waals surface area contributed by atoms with E-state index in [2.05, 4.69) is 11.4 Å². The van der Waals surface area contributed by atoms with E-state index in [0.29, 0.717) is 32.4 Å². The van der Waals surface area contributed by atoms with Crippen molar-refractivity contribution in [2.24, 2.45) is 7.05 Å². The van der Waals surface area contributed by atoms with Gasteiger partial charge in [-0.3, -0.25) is 4.79 Å².